The molecule has 0 spiro atoms. The Labute approximate surface area is 143 Å². The molecule has 0 unspecified atom stereocenters. The molecule has 4 rings (SSSR count). The molecule has 1 aromatic carbocycles. The molecule has 2 heterocycles. The van der Waals surface area contributed by atoms with E-state index in [9.17, 15) is 0 Å². The normalized spacial score (nSPS) is 24.7. The van der Waals surface area contributed by atoms with Gasteiger partial charge in [-0.15, -0.1) is 10.2 Å². The van der Waals surface area contributed by atoms with E-state index in [1.54, 1.807) is 17.5 Å². The van der Waals surface area contributed by atoms with Crippen molar-refractivity contribution >= 4 is 0 Å². The van der Waals surface area contributed by atoms with Gasteiger partial charge in [0.2, 0.25) is 0 Å². The first kappa shape index (κ1) is 15.8. The standard InChI is InChI=1S/C19H26N4O/c1-2-23-14-20-21-19(23)18-13-22(9-10-24-18)12-15-7-8-16-5-3-4-6-17(16)11-15/h3-6,14-15,18H,2,7-13H2,1H3/t15-,18-/m0/s1. The van der Waals surface area contributed by atoms with Crippen LogP contribution >= 0.6 is 0 Å². The fraction of sp³-hybridized carbons (Fsp3) is 0.579. The molecule has 5 heteroatoms. The van der Waals surface area contributed by atoms with Crippen molar-refractivity contribution < 1.29 is 4.74 Å². The summed E-state index contributed by atoms with van der Waals surface area (Å²) in [6.45, 7) is 6.90. The van der Waals surface area contributed by atoms with Crippen molar-refractivity contribution in [2.75, 3.05) is 26.2 Å². The average Bonchev–Trinajstić information content (AvgIpc) is 3.11. The highest BCUT2D eigenvalue weighted by molar-refractivity contribution is 5.29. The van der Waals surface area contributed by atoms with Gasteiger partial charge in [-0.1, -0.05) is 24.3 Å². The second kappa shape index (κ2) is 7.03. The first-order chi connectivity index (χ1) is 11.8. The maximum atomic E-state index is 5.98. The quantitative estimate of drug-likeness (QED) is 0.866. The molecule has 128 valence electrons. The second-order valence-corrected chi connectivity index (χ2v) is 6.97. The molecule has 1 aliphatic heterocycles. The van der Waals surface area contributed by atoms with Gasteiger partial charge in [0.05, 0.1) is 6.61 Å². The predicted octanol–water partition coefficient (Wildman–Crippen LogP) is 2.48. The van der Waals surface area contributed by atoms with E-state index in [4.69, 9.17) is 4.74 Å². The first-order valence-corrected chi connectivity index (χ1v) is 9.12. The van der Waals surface area contributed by atoms with E-state index in [0.717, 1.165) is 44.5 Å². The van der Waals surface area contributed by atoms with E-state index in [-0.39, 0.29) is 6.10 Å². The summed E-state index contributed by atoms with van der Waals surface area (Å²) in [6.07, 6.45) is 5.58. The molecule has 1 aliphatic carbocycles. The summed E-state index contributed by atoms with van der Waals surface area (Å²) in [5, 5.41) is 8.33. The van der Waals surface area contributed by atoms with E-state index in [2.05, 4.69) is 50.9 Å². The molecule has 24 heavy (non-hydrogen) atoms. The van der Waals surface area contributed by atoms with Crippen LogP contribution in [0.1, 0.15) is 36.4 Å². The fourth-order valence-electron chi connectivity index (χ4n) is 4.08. The molecular weight excluding hydrogens is 300 g/mol. The van der Waals surface area contributed by atoms with Crippen LogP contribution in [0, 0.1) is 5.92 Å². The predicted molar refractivity (Wildman–Crippen MR) is 92.8 cm³/mol. The second-order valence-electron chi connectivity index (χ2n) is 6.97. The molecule has 2 aromatic rings. The van der Waals surface area contributed by atoms with Gasteiger partial charge in [0.25, 0.3) is 0 Å². The zero-order chi connectivity index (χ0) is 16.4. The Balaban J connectivity index is 1.39. The zero-order valence-corrected chi connectivity index (χ0v) is 14.4. The van der Waals surface area contributed by atoms with Gasteiger partial charge in [0.15, 0.2) is 5.82 Å². The molecule has 0 saturated carbocycles. The summed E-state index contributed by atoms with van der Waals surface area (Å²) >= 11 is 0. The molecule has 1 saturated heterocycles. The molecule has 2 atom stereocenters. The highest BCUT2D eigenvalue weighted by Crippen LogP contribution is 2.28. The van der Waals surface area contributed by atoms with Gasteiger partial charge in [0, 0.05) is 26.2 Å². The molecule has 0 radical (unpaired) electrons. The fourth-order valence-corrected chi connectivity index (χ4v) is 4.08. The summed E-state index contributed by atoms with van der Waals surface area (Å²) in [5.74, 6) is 1.72. The van der Waals surface area contributed by atoms with Crippen LogP contribution in [-0.4, -0.2) is 45.9 Å². The number of aryl methyl sites for hydroxylation is 2. The van der Waals surface area contributed by atoms with Crippen molar-refractivity contribution in [3.63, 3.8) is 0 Å². The third-order valence-electron chi connectivity index (χ3n) is 5.39. The van der Waals surface area contributed by atoms with Crippen LogP contribution < -0.4 is 0 Å². The highest BCUT2D eigenvalue weighted by Gasteiger charge is 2.28. The minimum absolute atomic E-state index is 0.0528. The van der Waals surface area contributed by atoms with Gasteiger partial charge in [0.1, 0.15) is 12.4 Å². The number of rotatable bonds is 4. The van der Waals surface area contributed by atoms with Crippen molar-refractivity contribution in [2.45, 2.75) is 38.8 Å². The van der Waals surface area contributed by atoms with E-state index < -0.39 is 0 Å². The highest BCUT2D eigenvalue weighted by atomic mass is 16.5. The average molecular weight is 326 g/mol. The lowest BCUT2D eigenvalue weighted by atomic mass is 9.83. The van der Waals surface area contributed by atoms with E-state index in [1.807, 2.05) is 0 Å². The summed E-state index contributed by atoms with van der Waals surface area (Å²) in [5.41, 5.74) is 3.09. The Morgan fingerprint density at radius 1 is 1.25 bits per heavy atom. The third-order valence-corrected chi connectivity index (χ3v) is 5.39. The van der Waals surface area contributed by atoms with E-state index in [1.165, 1.54) is 19.3 Å². The molecule has 1 aromatic heterocycles. The number of benzene rings is 1. The lowest BCUT2D eigenvalue weighted by Crippen LogP contribution is -2.42. The summed E-state index contributed by atoms with van der Waals surface area (Å²) in [4.78, 5) is 2.56. The topological polar surface area (TPSA) is 43.2 Å². The van der Waals surface area contributed by atoms with Gasteiger partial charge in [-0.2, -0.15) is 0 Å². The van der Waals surface area contributed by atoms with Crippen molar-refractivity contribution in [3.8, 4) is 0 Å². The molecular formula is C19H26N4O. The van der Waals surface area contributed by atoms with Gasteiger partial charge >= 0.3 is 0 Å². The smallest absolute Gasteiger partial charge is 0.163 e. The van der Waals surface area contributed by atoms with Crippen LogP contribution in [0.5, 0.6) is 0 Å². The van der Waals surface area contributed by atoms with Gasteiger partial charge in [-0.3, -0.25) is 4.90 Å². The number of fused-ring (bicyclic) bond motifs is 1. The number of hydrogen-bond acceptors (Lipinski definition) is 4. The summed E-state index contributed by atoms with van der Waals surface area (Å²) in [6, 6.07) is 8.92. The molecule has 2 aliphatic rings. The maximum absolute atomic E-state index is 5.98. The van der Waals surface area contributed by atoms with Crippen molar-refractivity contribution in [3.05, 3.63) is 47.5 Å². The number of morpholine rings is 1. The zero-order valence-electron chi connectivity index (χ0n) is 14.4. The monoisotopic (exact) mass is 326 g/mol. The van der Waals surface area contributed by atoms with Crippen LogP contribution in [0.3, 0.4) is 0 Å². The number of aromatic nitrogens is 3. The molecule has 5 nitrogen and oxygen atoms in total. The lowest BCUT2D eigenvalue weighted by Gasteiger charge is -2.36. The Morgan fingerprint density at radius 3 is 3.00 bits per heavy atom. The molecule has 1 fully saturated rings. The SMILES string of the molecule is CCn1cnnc1[C@@H]1CN(C[C@H]2CCc3ccccc3C2)CCO1. The van der Waals surface area contributed by atoms with Crippen LogP contribution in [0.25, 0.3) is 0 Å². The third kappa shape index (κ3) is 3.23. The minimum Gasteiger partial charge on any atom is -0.368 e. The number of nitrogens with zero attached hydrogens (tertiary/aromatic N) is 4. The minimum atomic E-state index is 0.0528. The number of hydrogen-bond donors (Lipinski definition) is 0. The molecule has 0 bridgehead atoms. The Bertz CT molecular complexity index is 684. The van der Waals surface area contributed by atoms with E-state index >= 15 is 0 Å². The maximum Gasteiger partial charge on any atom is 0.163 e. The largest absolute Gasteiger partial charge is 0.368 e. The van der Waals surface area contributed by atoms with Crippen molar-refractivity contribution in [1.82, 2.24) is 19.7 Å². The van der Waals surface area contributed by atoms with Crippen LogP contribution in [-0.2, 0) is 24.1 Å². The van der Waals surface area contributed by atoms with Gasteiger partial charge < -0.3 is 9.30 Å². The first-order valence-electron chi connectivity index (χ1n) is 9.12. The van der Waals surface area contributed by atoms with Crippen LogP contribution in [0.4, 0.5) is 0 Å². The van der Waals surface area contributed by atoms with Gasteiger partial charge in [-0.25, -0.2) is 0 Å². The summed E-state index contributed by atoms with van der Waals surface area (Å²) in [7, 11) is 0. The summed E-state index contributed by atoms with van der Waals surface area (Å²) < 4.78 is 8.06. The molecule has 0 amide bonds. The Morgan fingerprint density at radius 2 is 2.12 bits per heavy atom. The van der Waals surface area contributed by atoms with Crippen molar-refractivity contribution in [2.24, 2.45) is 5.92 Å². The Hall–Kier alpha value is -1.72. The van der Waals surface area contributed by atoms with Crippen molar-refractivity contribution in [1.29, 1.82) is 0 Å². The Kier molecular flexibility index (Phi) is 4.63. The van der Waals surface area contributed by atoms with Crippen LogP contribution in [0.2, 0.25) is 0 Å². The number of ether oxygens (including phenoxy) is 1. The van der Waals surface area contributed by atoms with Gasteiger partial charge in [-0.05, 0) is 43.2 Å². The van der Waals surface area contributed by atoms with Crippen LogP contribution in [0.15, 0.2) is 30.6 Å². The lowest BCUT2D eigenvalue weighted by molar-refractivity contribution is -0.0408. The molecule has 0 N–H and O–H groups in total. The van der Waals surface area contributed by atoms with E-state index in [0.29, 0.717) is 0 Å².